The number of aromatic nitrogens is 2. The molecule has 5 heterocycles. The maximum absolute atomic E-state index is 15.7. The van der Waals surface area contributed by atoms with Gasteiger partial charge in [0.1, 0.15) is 72.3 Å². The molecule has 3 aromatic carbocycles. The molecular formula is C87H119FN22O21S3. The fourth-order valence-corrected chi connectivity index (χ4v) is 17.8. The van der Waals surface area contributed by atoms with Crippen LogP contribution in [0.4, 0.5) is 4.39 Å². The summed E-state index contributed by atoms with van der Waals surface area (Å²) in [5, 5.41) is 63.7. The number of hydrogen-bond donors (Lipinski definition) is 18. The Kier molecular flexibility index (Phi) is 40.2. The second kappa shape index (κ2) is 50.7. The van der Waals surface area contributed by atoms with Crippen LogP contribution in [-0.2, 0) is 124 Å². The monoisotopic (exact) mass is 1920 g/mol. The summed E-state index contributed by atoms with van der Waals surface area (Å²) in [7, 11) is 6.62. The smallest absolute Gasteiger partial charge is 0.305 e. The highest BCUT2D eigenvalue weighted by molar-refractivity contribution is 7.99. The molecule has 2 aromatic heterocycles. The van der Waals surface area contributed by atoms with Crippen LogP contribution in [0.5, 0.6) is 0 Å². The van der Waals surface area contributed by atoms with Crippen LogP contribution in [0.2, 0.25) is 0 Å². The first-order valence-corrected chi connectivity index (χ1v) is 46.8. The van der Waals surface area contributed by atoms with Crippen molar-refractivity contribution < 1.29 is 106 Å². The Balaban J connectivity index is 1.25. The minimum Gasteiger partial charge on any atom is -0.481 e. The molecule has 43 nitrogen and oxygen atoms in total. The van der Waals surface area contributed by atoms with Crippen LogP contribution in [0.3, 0.4) is 0 Å². The molecule has 17 amide bonds. The number of thioether (sulfide) groups is 3. The first-order valence-electron chi connectivity index (χ1n) is 43.4. The van der Waals surface area contributed by atoms with Gasteiger partial charge in [0.2, 0.25) is 100 Å². The van der Waals surface area contributed by atoms with E-state index < -0.39 is 261 Å². The van der Waals surface area contributed by atoms with Crippen molar-refractivity contribution in [2.45, 2.75) is 184 Å². The van der Waals surface area contributed by atoms with Gasteiger partial charge in [0.15, 0.2) is 5.96 Å². The molecule has 0 radical (unpaired) electrons. The maximum Gasteiger partial charge on any atom is 0.305 e. The molecule has 47 heteroatoms. The van der Waals surface area contributed by atoms with Crippen molar-refractivity contribution in [1.82, 2.24) is 97.9 Å². The lowest BCUT2D eigenvalue weighted by Gasteiger charge is -2.42. The summed E-state index contributed by atoms with van der Waals surface area (Å²) in [6, 6.07) is -0.248. The molecule has 3 aliphatic rings. The zero-order valence-electron chi connectivity index (χ0n) is 75.7. The number of carbonyl (C=O) groups is 19. The number of carbonyl (C=O) groups excluding carboxylic acids is 17. The number of nitrogens with two attached hydrogens (primary N) is 2. The number of guanidine groups is 1. The summed E-state index contributed by atoms with van der Waals surface area (Å²) >= 11 is 2.81. The van der Waals surface area contributed by atoms with Gasteiger partial charge in [-0.15, -0.1) is 0 Å². The average molecular weight is 1920 g/mol. The number of aryl methyl sites for hydroxylation is 2. The van der Waals surface area contributed by atoms with E-state index in [1.807, 2.05) is 0 Å². The fraction of sp³-hybridized carbons (Fsp3) is 0.517. The number of benzene rings is 3. The predicted molar refractivity (Wildman–Crippen MR) is 494 cm³/mol. The van der Waals surface area contributed by atoms with E-state index in [9.17, 15) is 76.9 Å². The topological polar surface area (TPSA) is 620 Å². The minimum atomic E-state index is -2.23. The highest BCUT2D eigenvalue weighted by Gasteiger charge is 2.41. The summed E-state index contributed by atoms with van der Waals surface area (Å²) in [5.74, 6) is -22.3. The van der Waals surface area contributed by atoms with Gasteiger partial charge in [-0.1, -0.05) is 69.3 Å². The third kappa shape index (κ3) is 33.3. The molecule has 3 aliphatic heterocycles. The van der Waals surface area contributed by atoms with Crippen molar-refractivity contribution in [3.05, 3.63) is 108 Å². The third-order valence-corrected chi connectivity index (χ3v) is 25.1. The van der Waals surface area contributed by atoms with Gasteiger partial charge >= 0.3 is 11.9 Å². The highest BCUT2D eigenvalue weighted by atomic mass is 32.2. The van der Waals surface area contributed by atoms with E-state index >= 15 is 28.8 Å². The second-order valence-electron chi connectivity index (χ2n) is 34.2. The summed E-state index contributed by atoms with van der Waals surface area (Å²) in [5.41, 5.74) is 13.1. The molecule has 134 heavy (non-hydrogen) atoms. The molecule has 11 atom stereocenters. The lowest BCUT2D eigenvalue weighted by molar-refractivity contribution is -0.158. The molecular weight excluding hydrogens is 1800 g/mol. The van der Waals surface area contributed by atoms with Gasteiger partial charge in [0.25, 0.3) is 0 Å². The van der Waals surface area contributed by atoms with Gasteiger partial charge < -0.3 is 120 Å². The lowest BCUT2D eigenvalue weighted by Crippen LogP contribution is -2.61. The van der Waals surface area contributed by atoms with E-state index in [0.717, 1.165) is 59.2 Å². The number of para-hydroxylation sites is 2. The molecule has 4 bridgehead atoms. The predicted octanol–water partition coefficient (Wildman–Crippen LogP) is -2.53. The van der Waals surface area contributed by atoms with Crippen LogP contribution >= 0.6 is 35.3 Å². The summed E-state index contributed by atoms with van der Waals surface area (Å²) in [6.07, 6.45) is -3.19. The van der Waals surface area contributed by atoms with E-state index in [2.05, 4.69) is 69.1 Å². The van der Waals surface area contributed by atoms with Crippen molar-refractivity contribution in [3.63, 3.8) is 0 Å². The number of primary amides is 2. The largest absolute Gasteiger partial charge is 0.481 e. The Bertz CT molecular complexity index is 5170. The quantitative estimate of drug-likeness (QED) is 0.0205. The molecule has 728 valence electrons. The molecule has 5 aromatic rings. The van der Waals surface area contributed by atoms with E-state index in [0.29, 0.717) is 38.5 Å². The fourth-order valence-electron chi connectivity index (χ4n) is 14.9. The number of rotatable bonds is 21. The zero-order valence-corrected chi connectivity index (χ0v) is 78.2. The Morgan fingerprint density at radius 1 is 0.515 bits per heavy atom. The molecule has 20 N–H and O–H groups in total. The van der Waals surface area contributed by atoms with Crippen molar-refractivity contribution in [2.75, 3.05) is 81.7 Å². The van der Waals surface area contributed by atoms with Gasteiger partial charge in [0, 0.05) is 162 Å². The number of nitrogens with one attached hydrogen (secondary N) is 14. The number of hydrogen-bond acceptors (Lipinski definition) is 23. The number of amides is 17. The SMILES string of the molecule is CC(=O)N[C@H]1CSCCC(=O)N2CN3CN(C2)C(=O)CCSC[C@H](NC(=O)[C@H](CC(=O)O)NC(=O)[C@H](CCC(=O)O)NC(=O)[C@H](CC(C)(C)C)NC(=O)C(Cc2cn(C)c4ccccc24)NC(=O)[C@H](CCC(N)=O)NC1=O)C(=O)N[C@@H](Cc1cn(C)c2ccccc12)C(=O)N[C@@H](CCCNC(=N)N(C)C)C(=O)NCC(=O)N[C@@H](Cc1ccc(F)cc1)C(=O)N[C@H](C(N)=O)CSCCC3=O. The van der Waals surface area contributed by atoms with Crippen LogP contribution in [0, 0.1) is 16.6 Å². The number of nitrogens with zero attached hydrogens (tertiary/aromatic N) is 6. The van der Waals surface area contributed by atoms with Crippen LogP contribution in [0.25, 0.3) is 21.8 Å². The molecule has 3 saturated heterocycles. The first kappa shape index (κ1) is 106. The van der Waals surface area contributed by atoms with Gasteiger partial charge in [-0.2, -0.15) is 35.3 Å². The van der Waals surface area contributed by atoms with Crippen LogP contribution in [0.1, 0.15) is 115 Å². The lowest BCUT2D eigenvalue weighted by atomic mass is 9.87. The van der Waals surface area contributed by atoms with Gasteiger partial charge in [0.05, 0.1) is 33.0 Å². The number of carboxylic acids is 2. The molecule has 3 fully saturated rings. The Morgan fingerprint density at radius 3 is 1.46 bits per heavy atom. The maximum atomic E-state index is 15.7. The number of fused-ring (bicyclic) bond motifs is 9. The second-order valence-corrected chi connectivity index (χ2v) is 37.6. The van der Waals surface area contributed by atoms with E-state index in [4.69, 9.17) is 16.9 Å². The Morgan fingerprint density at radius 2 is 0.955 bits per heavy atom. The molecule has 0 saturated carbocycles. The summed E-state index contributed by atoms with van der Waals surface area (Å²) < 4.78 is 17.8. The third-order valence-electron chi connectivity index (χ3n) is 21.9. The number of halogens is 1. The van der Waals surface area contributed by atoms with Crippen LogP contribution in [-0.4, -0.2) is 305 Å². The highest BCUT2D eigenvalue weighted by Crippen LogP contribution is 2.27. The average Bonchev–Trinajstić information content (AvgIpc) is 1.51. The first-order chi connectivity index (χ1) is 63.4. The van der Waals surface area contributed by atoms with Crippen molar-refractivity contribution in [3.8, 4) is 0 Å². The summed E-state index contributed by atoms with van der Waals surface area (Å²) in [4.78, 5) is 278. The zero-order chi connectivity index (χ0) is 98.4. The molecule has 8 rings (SSSR count). The number of aliphatic carboxylic acids is 2. The van der Waals surface area contributed by atoms with E-state index in [-0.39, 0.29) is 92.6 Å². The number of carboxylic acid groups (broad SMARTS) is 2. The van der Waals surface area contributed by atoms with Crippen LogP contribution < -0.4 is 80.6 Å². The van der Waals surface area contributed by atoms with Crippen LogP contribution in [0.15, 0.2) is 85.2 Å². The van der Waals surface area contributed by atoms with Crippen molar-refractivity contribution in [2.24, 2.45) is 31.0 Å². The molecule has 1 unspecified atom stereocenters. The Labute approximate surface area is 784 Å². The normalized spacial score (nSPS) is 22.8. The van der Waals surface area contributed by atoms with Gasteiger partial charge in [-0.25, -0.2) is 4.39 Å². The Hall–Kier alpha value is -13.1. The minimum absolute atomic E-state index is 0.0313. The molecule has 0 spiro atoms. The van der Waals surface area contributed by atoms with Crippen molar-refractivity contribution >= 4 is 175 Å². The van der Waals surface area contributed by atoms with Gasteiger partial charge in [-0.05, 0) is 78.5 Å². The van der Waals surface area contributed by atoms with E-state index in [1.54, 1.807) is 119 Å². The summed E-state index contributed by atoms with van der Waals surface area (Å²) in [6.45, 7) is 4.01. The molecule has 0 aliphatic carbocycles. The van der Waals surface area contributed by atoms with E-state index in [1.165, 1.54) is 26.8 Å². The van der Waals surface area contributed by atoms with Gasteiger partial charge in [-0.3, -0.25) is 96.5 Å². The van der Waals surface area contributed by atoms with Crippen molar-refractivity contribution in [1.29, 1.82) is 5.41 Å². The standard InChI is InChI=1S/C87H119FN22O21S3/c1-48(111)94-64-43-133-32-28-71(115)109-45-108-46-110(47-109)72(116)29-33-134-44-65(104-82(128)61(37-74(119)120)101-78(124)57(24-26-73(117)118)97-83(129)62(38-87(2,3)4)102-81(127)60(36-51-41-107(8)67-18-12-10-15-54(51)67)99-77(123)56(98-84(64)130)23-25-68(89)112)85(131)100-59(35-50-40-106(7)66-17-11-9-14-53(50)66)80(126)96-55(16-13-30-92-86(91)105(5)6)76(122)93-39-69(113)95-58(34-49-19-21-52(88)22-20-49)79(125)103-63(75(90)121)42-132-31-27-70(108)114/h9-12,14-15,17-22,40-41,55-65H,13,16,23-39,42-47H2,1-8H3,(H2,89,112)(H2,90,121)(H2,91,92)(H,93,122)(H,94,111)(H,95,113)(H,96,126)(H,97,129)(H,98,130)(H,99,123)(H,100,131)(H,101,124)(H,102,127)(H,103,125)(H,104,128)(H,117,118)(H,119,120)/t55-,56-,57-,58-,59-,60?,61-,62-,63-,64-,65-/m0/s1.